The van der Waals surface area contributed by atoms with E-state index < -0.39 is 10.0 Å². The highest BCUT2D eigenvalue weighted by molar-refractivity contribution is 7.91. The number of para-hydroxylation sites is 1. The molecule has 168 valence electrons. The van der Waals surface area contributed by atoms with Crippen LogP contribution in [0.25, 0.3) is 0 Å². The standard InChI is InChI=1S/C23H30N2O4S2/c1-3-23(4-2)16-19(18-8-5-6-9-20(18)29-23)24-22(26)17-11-13-25(14-12-17)31(27,28)21-10-7-15-30-21/h5-10,15,17,19H,3-4,11-14,16H2,1-2H3,(H,24,26)/t19-/m1/s1. The van der Waals surface area contributed by atoms with Crippen LogP contribution in [0.3, 0.4) is 0 Å². The van der Waals surface area contributed by atoms with Gasteiger partial charge in [-0.15, -0.1) is 11.3 Å². The molecule has 0 aliphatic carbocycles. The molecule has 0 unspecified atom stereocenters. The number of piperidine rings is 1. The molecule has 1 saturated heterocycles. The van der Waals surface area contributed by atoms with Crippen LogP contribution in [0.15, 0.2) is 46.0 Å². The number of carbonyl (C=O) groups is 1. The van der Waals surface area contributed by atoms with Gasteiger partial charge in [0, 0.05) is 31.0 Å². The minimum absolute atomic E-state index is 0.0102. The molecule has 3 heterocycles. The molecule has 6 nitrogen and oxygen atoms in total. The zero-order valence-corrected chi connectivity index (χ0v) is 19.7. The number of nitrogens with zero attached hydrogens (tertiary/aromatic N) is 1. The summed E-state index contributed by atoms with van der Waals surface area (Å²) in [6, 6.07) is 11.2. The normalized spacial score (nSPS) is 21.8. The molecular formula is C23H30N2O4S2. The summed E-state index contributed by atoms with van der Waals surface area (Å²) in [6.45, 7) is 4.99. The smallest absolute Gasteiger partial charge is 0.252 e. The molecule has 31 heavy (non-hydrogen) atoms. The van der Waals surface area contributed by atoms with Crippen LogP contribution in [-0.4, -0.2) is 37.3 Å². The van der Waals surface area contributed by atoms with Crippen LogP contribution >= 0.6 is 11.3 Å². The van der Waals surface area contributed by atoms with E-state index in [1.54, 1.807) is 17.5 Å². The lowest BCUT2D eigenvalue weighted by atomic mass is 9.83. The van der Waals surface area contributed by atoms with Crippen molar-refractivity contribution >= 4 is 27.3 Å². The van der Waals surface area contributed by atoms with Crippen molar-refractivity contribution in [2.75, 3.05) is 13.1 Å². The van der Waals surface area contributed by atoms with E-state index in [0.717, 1.165) is 30.6 Å². The van der Waals surface area contributed by atoms with Gasteiger partial charge in [-0.05, 0) is 43.2 Å². The summed E-state index contributed by atoms with van der Waals surface area (Å²) in [5.74, 6) is 0.679. The summed E-state index contributed by atoms with van der Waals surface area (Å²) in [7, 11) is -3.45. The fourth-order valence-corrected chi connectivity index (χ4v) is 7.23. The number of hydrogen-bond donors (Lipinski definition) is 1. The Hall–Kier alpha value is -1.90. The number of nitrogens with one attached hydrogen (secondary N) is 1. The van der Waals surface area contributed by atoms with Crippen LogP contribution in [0.4, 0.5) is 0 Å². The molecule has 0 radical (unpaired) electrons. The summed E-state index contributed by atoms with van der Waals surface area (Å²) >= 11 is 1.23. The van der Waals surface area contributed by atoms with Gasteiger partial charge in [-0.1, -0.05) is 38.1 Å². The first-order chi connectivity index (χ1) is 14.9. The van der Waals surface area contributed by atoms with E-state index in [2.05, 4.69) is 19.2 Å². The van der Waals surface area contributed by atoms with E-state index in [-0.39, 0.29) is 23.5 Å². The monoisotopic (exact) mass is 462 g/mol. The molecule has 1 atom stereocenters. The fraction of sp³-hybridized carbons (Fsp3) is 0.522. The second-order valence-corrected chi connectivity index (χ2v) is 11.5. The summed E-state index contributed by atoms with van der Waals surface area (Å²) in [6.07, 6.45) is 3.57. The van der Waals surface area contributed by atoms with E-state index in [1.165, 1.54) is 15.6 Å². The predicted octanol–water partition coefficient (Wildman–Crippen LogP) is 4.35. The SMILES string of the molecule is CCC1(CC)C[C@@H](NC(=O)C2CCN(S(=O)(=O)c3cccs3)CC2)c2ccccc2O1. The van der Waals surface area contributed by atoms with E-state index in [1.807, 2.05) is 24.3 Å². The van der Waals surface area contributed by atoms with Crippen LogP contribution in [0.2, 0.25) is 0 Å². The van der Waals surface area contributed by atoms with Gasteiger partial charge in [0.15, 0.2) is 0 Å². The lowest BCUT2D eigenvalue weighted by molar-refractivity contribution is -0.127. The van der Waals surface area contributed by atoms with E-state index >= 15 is 0 Å². The number of benzene rings is 1. The van der Waals surface area contributed by atoms with E-state index in [4.69, 9.17) is 4.74 Å². The highest BCUT2D eigenvalue weighted by Crippen LogP contribution is 2.42. The minimum atomic E-state index is -3.45. The molecule has 0 saturated carbocycles. The molecule has 2 aromatic rings. The Balaban J connectivity index is 1.43. The van der Waals surface area contributed by atoms with Crippen molar-refractivity contribution in [2.24, 2.45) is 5.92 Å². The molecular weight excluding hydrogens is 432 g/mol. The van der Waals surface area contributed by atoms with Crippen LogP contribution in [-0.2, 0) is 14.8 Å². The van der Waals surface area contributed by atoms with Crippen molar-refractivity contribution in [2.45, 2.75) is 61.8 Å². The largest absolute Gasteiger partial charge is 0.487 e. The van der Waals surface area contributed by atoms with Gasteiger partial charge in [0.2, 0.25) is 5.91 Å². The average Bonchev–Trinajstić information content (AvgIpc) is 3.35. The lowest BCUT2D eigenvalue weighted by Crippen LogP contribution is -2.47. The second-order valence-electron chi connectivity index (χ2n) is 8.41. The van der Waals surface area contributed by atoms with Crippen LogP contribution < -0.4 is 10.1 Å². The van der Waals surface area contributed by atoms with Crippen molar-refractivity contribution in [3.05, 3.63) is 47.3 Å². The van der Waals surface area contributed by atoms with Crippen molar-refractivity contribution in [1.29, 1.82) is 0 Å². The lowest BCUT2D eigenvalue weighted by Gasteiger charge is -2.42. The van der Waals surface area contributed by atoms with Gasteiger partial charge in [0.25, 0.3) is 10.0 Å². The van der Waals surface area contributed by atoms with Gasteiger partial charge < -0.3 is 10.1 Å². The Bertz CT molecular complexity index is 1010. The van der Waals surface area contributed by atoms with Gasteiger partial charge in [0.05, 0.1) is 6.04 Å². The van der Waals surface area contributed by atoms with Crippen LogP contribution in [0.5, 0.6) is 5.75 Å². The highest BCUT2D eigenvalue weighted by atomic mass is 32.2. The van der Waals surface area contributed by atoms with Gasteiger partial charge in [0.1, 0.15) is 15.6 Å². The van der Waals surface area contributed by atoms with Gasteiger partial charge in [-0.3, -0.25) is 4.79 Å². The molecule has 8 heteroatoms. The molecule has 2 aliphatic heterocycles. The quantitative estimate of drug-likeness (QED) is 0.693. The number of sulfonamides is 1. The molecule has 1 aromatic heterocycles. The number of ether oxygens (including phenoxy) is 1. The maximum atomic E-state index is 13.1. The maximum Gasteiger partial charge on any atom is 0.252 e. The molecule has 1 N–H and O–H groups in total. The Morgan fingerprint density at radius 3 is 2.52 bits per heavy atom. The third-order valence-corrected chi connectivity index (χ3v) is 9.99. The molecule has 4 rings (SSSR count). The first kappa shape index (κ1) is 22.3. The predicted molar refractivity (Wildman–Crippen MR) is 122 cm³/mol. The number of amides is 1. The zero-order chi connectivity index (χ0) is 22.1. The topological polar surface area (TPSA) is 75.7 Å². The maximum absolute atomic E-state index is 13.1. The van der Waals surface area contributed by atoms with Gasteiger partial charge in [-0.2, -0.15) is 4.31 Å². The first-order valence-corrected chi connectivity index (χ1v) is 13.3. The Labute approximate surface area is 188 Å². The van der Waals surface area contributed by atoms with Crippen molar-refractivity contribution in [3.8, 4) is 5.75 Å². The molecule has 1 fully saturated rings. The number of rotatable bonds is 6. The molecule has 1 amide bonds. The van der Waals surface area contributed by atoms with Crippen LogP contribution in [0, 0.1) is 5.92 Å². The third kappa shape index (κ3) is 4.38. The summed E-state index contributed by atoms with van der Waals surface area (Å²) in [4.78, 5) is 13.1. The zero-order valence-electron chi connectivity index (χ0n) is 18.0. The number of thiophene rings is 1. The third-order valence-electron chi connectivity index (χ3n) is 6.72. The summed E-state index contributed by atoms with van der Waals surface area (Å²) in [5, 5.41) is 5.03. The molecule has 2 aliphatic rings. The Morgan fingerprint density at radius 1 is 1.16 bits per heavy atom. The van der Waals surface area contributed by atoms with Gasteiger partial charge >= 0.3 is 0 Å². The second kappa shape index (κ2) is 8.92. The molecule has 1 aromatic carbocycles. The average molecular weight is 463 g/mol. The van der Waals surface area contributed by atoms with Crippen LogP contribution in [0.1, 0.15) is 57.6 Å². The number of fused-ring (bicyclic) bond motifs is 1. The summed E-state index contributed by atoms with van der Waals surface area (Å²) < 4.78 is 33.7. The fourth-order valence-electron chi connectivity index (χ4n) is 4.62. The summed E-state index contributed by atoms with van der Waals surface area (Å²) in [5.41, 5.74) is 0.746. The van der Waals surface area contributed by atoms with Crippen molar-refractivity contribution < 1.29 is 17.9 Å². The Kier molecular flexibility index (Phi) is 6.42. The minimum Gasteiger partial charge on any atom is -0.487 e. The van der Waals surface area contributed by atoms with Gasteiger partial charge in [-0.25, -0.2) is 8.42 Å². The van der Waals surface area contributed by atoms with Crippen molar-refractivity contribution in [1.82, 2.24) is 9.62 Å². The number of carbonyl (C=O) groups excluding carboxylic acids is 1. The first-order valence-electron chi connectivity index (χ1n) is 11.0. The highest BCUT2D eigenvalue weighted by Gasteiger charge is 2.40. The van der Waals surface area contributed by atoms with E-state index in [0.29, 0.717) is 30.1 Å². The van der Waals surface area contributed by atoms with Crippen molar-refractivity contribution in [3.63, 3.8) is 0 Å². The number of hydrogen-bond acceptors (Lipinski definition) is 5. The molecule has 0 spiro atoms. The molecule has 0 bridgehead atoms. The Morgan fingerprint density at radius 2 is 1.87 bits per heavy atom. The van der Waals surface area contributed by atoms with E-state index in [9.17, 15) is 13.2 Å².